The van der Waals surface area contributed by atoms with Gasteiger partial charge in [0.1, 0.15) is 11.8 Å². The van der Waals surface area contributed by atoms with Gasteiger partial charge in [0.25, 0.3) is 0 Å². The summed E-state index contributed by atoms with van der Waals surface area (Å²) in [6.07, 6.45) is 2.18. The van der Waals surface area contributed by atoms with E-state index in [0.717, 1.165) is 17.5 Å². The lowest BCUT2D eigenvalue weighted by atomic mass is 10.0. The van der Waals surface area contributed by atoms with Crippen LogP contribution < -0.4 is 22.1 Å². The van der Waals surface area contributed by atoms with Crippen LogP contribution in [-0.4, -0.2) is 69.6 Å². The molecule has 0 radical (unpaired) electrons. The van der Waals surface area contributed by atoms with E-state index < -0.39 is 24.0 Å². The Labute approximate surface area is 215 Å². The molecule has 2 aliphatic rings. The lowest BCUT2D eigenvalue weighted by molar-refractivity contribution is -0.139. The van der Waals surface area contributed by atoms with Gasteiger partial charge in [-0.2, -0.15) is 0 Å². The number of rotatable bonds is 9. The standard InChI is InChI=1S/C26H33N5O4S/c27-19(13-17-8-10-18(32)11-9-17)26(35)31-12-4-7-22(31)24(34)29-20(14-16-5-2-1-3-6-16)25-30-21(15-36-25)23(28)33/h1-3,5-6,8-11,19-22,25,30,32H,4,7,12-15,27H2,(H2,28,33)(H,29,34)/t19-,20-,21-,22-,25?/m0/s1. The first-order valence-electron chi connectivity index (χ1n) is 12.2. The summed E-state index contributed by atoms with van der Waals surface area (Å²) in [7, 11) is 0. The highest BCUT2D eigenvalue weighted by Gasteiger charge is 2.39. The van der Waals surface area contributed by atoms with Crippen molar-refractivity contribution in [1.29, 1.82) is 0 Å². The van der Waals surface area contributed by atoms with E-state index in [2.05, 4.69) is 10.6 Å². The van der Waals surface area contributed by atoms with Crippen LogP contribution in [0.1, 0.15) is 24.0 Å². The van der Waals surface area contributed by atoms with Crippen molar-refractivity contribution in [3.8, 4) is 5.75 Å². The van der Waals surface area contributed by atoms with Crippen molar-refractivity contribution in [2.24, 2.45) is 11.5 Å². The topological polar surface area (TPSA) is 151 Å². The molecule has 192 valence electrons. The number of carbonyl (C=O) groups excluding carboxylic acids is 3. The van der Waals surface area contributed by atoms with E-state index in [-0.39, 0.29) is 29.0 Å². The summed E-state index contributed by atoms with van der Waals surface area (Å²) in [5, 5.41) is 15.7. The maximum absolute atomic E-state index is 13.4. The van der Waals surface area contributed by atoms with Gasteiger partial charge in [0.05, 0.1) is 23.5 Å². The van der Waals surface area contributed by atoms with E-state index >= 15 is 0 Å². The molecule has 7 N–H and O–H groups in total. The van der Waals surface area contributed by atoms with Crippen LogP contribution >= 0.6 is 11.8 Å². The van der Waals surface area contributed by atoms with Crippen LogP contribution in [0, 0.1) is 0 Å². The van der Waals surface area contributed by atoms with Crippen molar-refractivity contribution in [2.75, 3.05) is 12.3 Å². The van der Waals surface area contributed by atoms with Crippen LogP contribution in [0.2, 0.25) is 0 Å². The Morgan fingerprint density at radius 2 is 1.78 bits per heavy atom. The van der Waals surface area contributed by atoms with Crippen LogP contribution in [0.25, 0.3) is 0 Å². The summed E-state index contributed by atoms with van der Waals surface area (Å²) < 4.78 is 0. The molecule has 2 aromatic rings. The zero-order chi connectivity index (χ0) is 25.7. The van der Waals surface area contributed by atoms with Gasteiger partial charge in [-0.05, 0) is 48.9 Å². The molecule has 4 rings (SSSR count). The summed E-state index contributed by atoms with van der Waals surface area (Å²) >= 11 is 1.56. The number of thioether (sulfide) groups is 1. The predicted octanol–water partition coefficient (Wildman–Crippen LogP) is 0.497. The Kier molecular flexibility index (Phi) is 8.50. The van der Waals surface area contributed by atoms with Gasteiger partial charge in [-0.25, -0.2) is 0 Å². The monoisotopic (exact) mass is 511 g/mol. The van der Waals surface area contributed by atoms with E-state index in [1.54, 1.807) is 40.9 Å². The Bertz CT molecular complexity index is 1070. The molecular weight excluding hydrogens is 478 g/mol. The van der Waals surface area contributed by atoms with Crippen molar-refractivity contribution in [2.45, 2.75) is 55.2 Å². The number of likely N-dealkylation sites (tertiary alicyclic amines) is 1. The molecule has 1 unspecified atom stereocenters. The second-order valence-corrected chi connectivity index (χ2v) is 10.5. The number of hydrogen-bond donors (Lipinski definition) is 5. The lowest BCUT2D eigenvalue weighted by Gasteiger charge is -2.30. The van der Waals surface area contributed by atoms with Gasteiger partial charge in [0.15, 0.2) is 0 Å². The van der Waals surface area contributed by atoms with Crippen molar-refractivity contribution in [1.82, 2.24) is 15.5 Å². The minimum absolute atomic E-state index is 0.150. The molecule has 0 spiro atoms. The highest BCUT2D eigenvalue weighted by Crippen LogP contribution is 2.25. The summed E-state index contributed by atoms with van der Waals surface area (Å²) in [4.78, 5) is 39.9. The Hall–Kier alpha value is -3.08. The summed E-state index contributed by atoms with van der Waals surface area (Å²) in [6.45, 7) is 0.476. The minimum atomic E-state index is -0.786. The first-order chi connectivity index (χ1) is 17.3. The number of phenolic OH excluding ortho intramolecular Hbond substituents is 1. The molecule has 2 heterocycles. The van der Waals surface area contributed by atoms with Gasteiger partial charge >= 0.3 is 0 Å². The van der Waals surface area contributed by atoms with E-state index in [0.29, 0.717) is 31.6 Å². The van der Waals surface area contributed by atoms with Crippen LogP contribution in [0.3, 0.4) is 0 Å². The average molecular weight is 512 g/mol. The first-order valence-corrected chi connectivity index (χ1v) is 13.2. The molecule has 2 aliphatic heterocycles. The van der Waals surface area contributed by atoms with E-state index in [9.17, 15) is 19.5 Å². The molecule has 2 saturated heterocycles. The Morgan fingerprint density at radius 1 is 1.08 bits per heavy atom. The second kappa shape index (κ2) is 11.8. The molecule has 5 atom stereocenters. The fourth-order valence-corrected chi connectivity index (χ4v) is 6.08. The van der Waals surface area contributed by atoms with Crippen LogP contribution in [0.5, 0.6) is 5.75 Å². The number of nitrogens with zero attached hydrogens (tertiary/aromatic N) is 1. The average Bonchev–Trinajstić information content (AvgIpc) is 3.56. The van der Waals surface area contributed by atoms with Crippen molar-refractivity contribution in [3.05, 3.63) is 65.7 Å². The fourth-order valence-electron chi connectivity index (χ4n) is 4.76. The van der Waals surface area contributed by atoms with Gasteiger partial charge in [0, 0.05) is 12.3 Å². The highest BCUT2D eigenvalue weighted by molar-refractivity contribution is 8.00. The number of nitrogens with two attached hydrogens (primary N) is 2. The van der Waals surface area contributed by atoms with E-state index in [4.69, 9.17) is 11.5 Å². The predicted molar refractivity (Wildman–Crippen MR) is 139 cm³/mol. The third-order valence-electron chi connectivity index (χ3n) is 6.69. The fraction of sp³-hybridized carbons (Fsp3) is 0.423. The zero-order valence-electron chi connectivity index (χ0n) is 20.0. The molecule has 0 aliphatic carbocycles. The molecule has 2 fully saturated rings. The van der Waals surface area contributed by atoms with Gasteiger partial charge in [-0.1, -0.05) is 42.5 Å². The molecule has 9 nitrogen and oxygen atoms in total. The zero-order valence-corrected chi connectivity index (χ0v) is 20.8. The minimum Gasteiger partial charge on any atom is -0.508 e. The third-order valence-corrected chi connectivity index (χ3v) is 8.04. The van der Waals surface area contributed by atoms with E-state index in [1.165, 1.54) is 0 Å². The molecule has 0 aromatic heterocycles. The number of nitrogens with one attached hydrogen (secondary N) is 2. The Morgan fingerprint density at radius 3 is 2.44 bits per heavy atom. The summed E-state index contributed by atoms with van der Waals surface area (Å²) in [6, 6.07) is 14.3. The van der Waals surface area contributed by atoms with Crippen LogP contribution in [-0.2, 0) is 27.2 Å². The quantitative estimate of drug-likeness (QED) is 0.329. The number of aromatic hydroxyl groups is 1. The normalized spacial score (nSPS) is 23.2. The summed E-state index contributed by atoms with van der Waals surface area (Å²) in [5.41, 5.74) is 13.6. The molecule has 2 aromatic carbocycles. The SMILES string of the molecule is NC(=O)[C@@H]1CSC([C@H](Cc2ccccc2)NC(=O)[C@@H]2CCCN2C(=O)[C@@H](N)Cc2ccc(O)cc2)N1. The van der Waals surface area contributed by atoms with Crippen molar-refractivity contribution >= 4 is 29.5 Å². The number of amides is 3. The molecule has 36 heavy (non-hydrogen) atoms. The van der Waals surface area contributed by atoms with Crippen LogP contribution in [0.4, 0.5) is 0 Å². The molecule has 0 bridgehead atoms. The number of hydrogen-bond acceptors (Lipinski definition) is 7. The lowest BCUT2D eigenvalue weighted by Crippen LogP contribution is -2.56. The van der Waals surface area contributed by atoms with Gasteiger partial charge in [-0.15, -0.1) is 11.8 Å². The smallest absolute Gasteiger partial charge is 0.243 e. The van der Waals surface area contributed by atoms with Crippen molar-refractivity contribution in [3.63, 3.8) is 0 Å². The second-order valence-electron chi connectivity index (χ2n) is 9.35. The van der Waals surface area contributed by atoms with Gasteiger partial charge < -0.3 is 26.8 Å². The number of benzene rings is 2. The van der Waals surface area contributed by atoms with Crippen molar-refractivity contribution < 1.29 is 19.5 Å². The maximum Gasteiger partial charge on any atom is 0.243 e. The molecule has 3 amide bonds. The molecule has 10 heteroatoms. The molecule has 0 saturated carbocycles. The third kappa shape index (κ3) is 6.37. The Balaban J connectivity index is 1.43. The maximum atomic E-state index is 13.4. The first kappa shape index (κ1) is 26.0. The molecular formula is C26H33N5O4S. The van der Waals surface area contributed by atoms with E-state index in [1.807, 2.05) is 30.3 Å². The van der Waals surface area contributed by atoms with Gasteiger partial charge in [0.2, 0.25) is 17.7 Å². The largest absolute Gasteiger partial charge is 0.508 e. The number of primary amides is 1. The summed E-state index contributed by atoms with van der Waals surface area (Å²) in [5.74, 6) is -0.200. The number of phenols is 1. The van der Waals surface area contributed by atoms with Gasteiger partial charge in [-0.3, -0.25) is 19.7 Å². The highest BCUT2D eigenvalue weighted by atomic mass is 32.2. The van der Waals surface area contributed by atoms with Crippen LogP contribution in [0.15, 0.2) is 54.6 Å². The number of carbonyl (C=O) groups is 3.